The summed E-state index contributed by atoms with van der Waals surface area (Å²) in [5, 5.41) is 22.9. The molecule has 31 heavy (non-hydrogen) atoms. The average molecular weight is 485 g/mol. The molecular weight excluding hydrogens is 463 g/mol. The molecule has 0 spiro atoms. The van der Waals surface area contributed by atoms with Crippen LogP contribution in [0.3, 0.4) is 0 Å². The van der Waals surface area contributed by atoms with Gasteiger partial charge in [-0.05, 0) is 30.7 Å². The number of carbonyl (C=O) groups is 2. The average Bonchev–Trinajstić information content (AvgIpc) is 3.05. The Bertz CT molecular complexity index is 1160. The van der Waals surface area contributed by atoms with E-state index >= 15 is 0 Å². The molecule has 1 atom stereocenters. The molecule has 0 fully saturated rings. The highest BCUT2D eigenvalue weighted by Crippen LogP contribution is 2.35. The molecule has 0 bridgehead atoms. The van der Waals surface area contributed by atoms with E-state index in [9.17, 15) is 14.7 Å². The molecule has 3 rings (SSSR count). The summed E-state index contributed by atoms with van der Waals surface area (Å²) in [5.41, 5.74) is 2.24. The van der Waals surface area contributed by atoms with E-state index in [4.69, 9.17) is 33.0 Å². The first-order valence-corrected chi connectivity index (χ1v) is 9.72. The summed E-state index contributed by atoms with van der Waals surface area (Å²) in [6, 6.07) is 6.77. The fourth-order valence-electron chi connectivity index (χ4n) is 3.34. The third-order valence-electron chi connectivity index (χ3n) is 5.05. The van der Waals surface area contributed by atoms with Crippen LogP contribution >= 0.6 is 36.7 Å². The van der Waals surface area contributed by atoms with E-state index < -0.39 is 24.5 Å². The van der Waals surface area contributed by atoms with Gasteiger partial charge in [0.1, 0.15) is 11.4 Å². The predicted molar refractivity (Wildman–Crippen MR) is 125 cm³/mol. The fourth-order valence-corrected chi connectivity index (χ4v) is 3.89. The quantitative estimate of drug-likeness (QED) is 0.489. The number of methoxy groups -OCH3 is 1. The summed E-state index contributed by atoms with van der Waals surface area (Å²) in [4.78, 5) is 24.0. The molecule has 10 heteroatoms. The van der Waals surface area contributed by atoms with Crippen molar-refractivity contribution in [1.82, 2.24) is 9.88 Å². The molecule has 0 aliphatic rings. The van der Waals surface area contributed by atoms with Gasteiger partial charge in [0, 0.05) is 29.1 Å². The number of fused-ring (bicyclic) bond motifs is 1. The zero-order valence-electron chi connectivity index (χ0n) is 17.0. The van der Waals surface area contributed by atoms with Crippen molar-refractivity contribution in [2.24, 2.45) is 7.05 Å². The van der Waals surface area contributed by atoms with Gasteiger partial charge in [0.2, 0.25) is 0 Å². The highest BCUT2D eigenvalue weighted by Gasteiger charge is 2.22. The maximum atomic E-state index is 13.0. The number of amides is 1. The SMILES string of the molecule is COc1cc2c(cc(C(=O)N[C@H](CO)c3ccc(C(=O)O)cc3Cl)n2C)c(Cl)c1C.S. The number of rotatable bonds is 6. The number of ether oxygens (including phenoxy) is 1. The number of halogens is 2. The normalized spacial score (nSPS) is 11.7. The number of hydrogen-bond acceptors (Lipinski definition) is 4. The summed E-state index contributed by atoms with van der Waals surface area (Å²) in [6.45, 7) is 1.41. The van der Waals surface area contributed by atoms with Crippen molar-refractivity contribution >= 4 is 59.5 Å². The van der Waals surface area contributed by atoms with Gasteiger partial charge in [0.05, 0.1) is 35.9 Å². The Morgan fingerprint density at radius 2 is 1.90 bits per heavy atom. The molecule has 0 aliphatic heterocycles. The second-order valence-corrected chi connectivity index (χ2v) is 7.57. The zero-order chi connectivity index (χ0) is 22.2. The van der Waals surface area contributed by atoms with E-state index in [-0.39, 0.29) is 24.1 Å². The summed E-state index contributed by atoms with van der Waals surface area (Å²) in [7, 11) is 3.28. The summed E-state index contributed by atoms with van der Waals surface area (Å²) in [6.07, 6.45) is 0. The van der Waals surface area contributed by atoms with Gasteiger partial charge in [-0.1, -0.05) is 29.3 Å². The molecule has 0 saturated heterocycles. The molecule has 0 unspecified atom stereocenters. The van der Waals surface area contributed by atoms with Crippen LogP contribution in [0, 0.1) is 6.92 Å². The van der Waals surface area contributed by atoms with Crippen molar-refractivity contribution in [2.45, 2.75) is 13.0 Å². The van der Waals surface area contributed by atoms with Crippen LogP contribution in [0.15, 0.2) is 30.3 Å². The van der Waals surface area contributed by atoms with Gasteiger partial charge in [0.15, 0.2) is 0 Å². The van der Waals surface area contributed by atoms with Crippen LogP contribution in [-0.4, -0.2) is 40.4 Å². The summed E-state index contributed by atoms with van der Waals surface area (Å²) < 4.78 is 7.03. The largest absolute Gasteiger partial charge is 0.496 e. The van der Waals surface area contributed by atoms with Gasteiger partial charge in [-0.2, -0.15) is 13.5 Å². The first-order valence-electron chi connectivity index (χ1n) is 8.96. The van der Waals surface area contributed by atoms with E-state index in [0.717, 1.165) is 11.1 Å². The van der Waals surface area contributed by atoms with Crippen LogP contribution in [0.2, 0.25) is 10.0 Å². The van der Waals surface area contributed by atoms with Gasteiger partial charge >= 0.3 is 5.97 Å². The number of aromatic nitrogens is 1. The number of benzene rings is 2. The molecule has 1 amide bonds. The van der Waals surface area contributed by atoms with Crippen molar-refractivity contribution in [1.29, 1.82) is 0 Å². The maximum absolute atomic E-state index is 13.0. The third kappa shape index (κ3) is 4.62. The van der Waals surface area contributed by atoms with Gasteiger partial charge < -0.3 is 24.8 Å². The number of nitrogens with one attached hydrogen (secondary N) is 1. The molecule has 0 radical (unpaired) electrons. The number of carboxylic acids is 1. The Hall–Kier alpha value is -2.39. The standard InChI is InChI=1S/C21H20Cl2N2O5.H2S/c1-10-18(30-3)8-16-13(19(10)23)7-17(25(16)2)20(27)24-15(9-26)12-5-4-11(21(28)29)6-14(12)22;/h4-8,15,26H,9H2,1-3H3,(H,24,27)(H,28,29);1H2/t15-;/m1./s1. The third-order valence-corrected chi connectivity index (χ3v) is 5.86. The van der Waals surface area contributed by atoms with Crippen molar-refractivity contribution in [3.05, 3.63) is 62.8 Å². The monoisotopic (exact) mass is 484 g/mol. The van der Waals surface area contributed by atoms with Crippen LogP contribution in [0.5, 0.6) is 5.75 Å². The van der Waals surface area contributed by atoms with Crippen molar-refractivity contribution in [2.75, 3.05) is 13.7 Å². The van der Waals surface area contributed by atoms with Gasteiger partial charge in [-0.15, -0.1) is 0 Å². The predicted octanol–water partition coefficient (Wildman–Crippen LogP) is 4.08. The minimum Gasteiger partial charge on any atom is -0.496 e. The topological polar surface area (TPSA) is 101 Å². The highest BCUT2D eigenvalue weighted by molar-refractivity contribution is 7.59. The van der Waals surface area contributed by atoms with E-state index in [2.05, 4.69) is 5.32 Å². The number of nitrogens with zero attached hydrogens (tertiary/aromatic N) is 1. The number of aliphatic hydroxyl groups is 1. The van der Waals surface area contributed by atoms with Gasteiger partial charge in [-0.3, -0.25) is 4.79 Å². The molecule has 1 aromatic heterocycles. The van der Waals surface area contributed by atoms with Gasteiger partial charge in [-0.25, -0.2) is 4.79 Å². The second kappa shape index (κ2) is 9.82. The number of carboxylic acid groups (broad SMARTS) is 1. The Morgan fingerprint density at radius 1 is 1.23 bits per heavy atom. The van der Waals surface area contributed by atoms with E-state index in [0.29, 0.717) is 27.4 Å². The van der Waals surface area contributed by atoms with Crippen LogP contribution in [-0.2, 0) is 7.05 Å². The Labute approximate surface area is 196 Å². The second-order valence-electron chi connectivity index (χ2n) is 6.79. The first kappa shape index (κ1) is 24.9. The Kier molecular flexibility index (Phi) is 7.88. The van der Waals surface area contributed by atoms with Crippen molar-refractivity contribution < 1.29 is 24.5 Å². The van der Waals surface area contributed by atoms with Gasteiger partial charge in [0.25, 0.3) is 5.91 Å². The van der Waals surface area contributed by atoms with Crippen LogP contribution < -0.4 is 10.1 Å². The molecule has 1 heterocycles. The number of aromatic carboxylic acids is 1. The lowest BCUT2D eigenvalue weighted by molar-refractivity contribution is 0.0696. The Balaban J connectivity index is 0.00000341. The molecule has 3 aromatic rings. The van der Waals surface area contributed by atoms with E-state index in [1.807, 2.05) is 6.92 Å². The van der Waals surface area contributed by atoms with Crippen LogP contribution in [0.1, 0.15) is 38.0 Å². The molecule has 3 N–H and O–H groups in total. The Morgan fingerprint density at radius 3 is 2.45 bits per heavy atom. The fraction of sp³-hybridized carbons (Fsp3) is 0.238. The molecule has 166 valence electrons. The first-order chi connectivity index (χ1) is 14.2. The van der Waals surface area contributed by atoms with Crippen molar-refractivity contribution in [3.63, 3.8) is 0 Å². The highest BCUT2D eigenvalue weighted by atomic mass is 35.5. The molecule has 0 saturated carbocycles. The molecule has 0 aliphatic carbocycles. The molecule has 2 aromatic carbocycles. The maximum Gasteiger partial charge on any atom is 0.335 e. The number of aliphatic hydroxyl groups excluding tert-OH is 1. The lowest BCUT2D eigenvalue weighted by Crippen LogP contribution is -2.32. The molecular formula is C21H22Cl2N2O5S. The van der Waals surface area contributed by atoms with Crippen LogP contribution in [0.4, 0.5) is 0 Å². The minimum absolute atomic E-state index is 0. The molecule has 7 nitrogen and oxygen atoms in total. The number of aryl methyl sites for hydroxylation is 1. The summed E-state index contributed by atoms with van der Waals surface area (Å²) >= 11 is 12.6. The van der Waals surface area contributed by atoms with E-state index in [1.54, 1.807) is 30.9 Å². The smallest absolute Gasteiger partial charge is 0.335 e. The van der Waals surface area contributed by atoms with E-state index in [1.165, 1.54) is 18.2 Å². The zero-order valence-corrected chi connectivity index (χ0v) is 19.5. The lowest BCUT2D eigenvalue weighted by atomic mass is 10.0. The lowest BCUT2D eigenvalue weighted by Gasteiger charge is -2.18. The van der Waals surface area contributed by atoms with Crippen molar-refractivity contribution in [3.8, 4) is 5.75 Å². The minimum atomic E-state index is -1.12. The van der Waals surface area contributed by atoms with Crippen LogP contribution in [0.25, 0.3) is 10.9 Å². The summed E-state index contributed by atoms with van der Waals surface area (Å²) in [5.74, 6) is -0.954. The number of hydrogen-bond donors (Lipinski definition) is 3. The number of carbonyl (C=O) groups excluding carboxylic acids is 1.